The van der Waals surface area contributed by atoms with Gasteiger partial charge in [-0.2, -0.15) is 0 Å². The van der Waals surface area contributed by atoms with Gasteiger partial charge in [0.1, 0.15) is 0 Å². The number of aryl methyl sites for hydroxylation is 1. The van der Waals surface area contributed by atoms with Crippen molar-refractivity contribution in [2.75, 3.05) is 31.6 Å². The molecule has 1 aliphatic rings. The molecule has 1 atom stereocenters. The summed E-state index contributed by atoms with van der Waals surface area (Å²) in [5.74, 6) is 0.140. The second kappa shape index (κ2) is 4.85. The predicted molar refractivity (Wildman–Crippen MR) is 69.0 cm³/mol. The Hall–Kier alpha value is -1.39. The fraction of sp³-hybridized carbons (Fsp3) is 0.462. The van der Waals surface area contributed by atoms with Crippen LogP contribution in [-0.4, -0.2) is 43.5 Å². The second-order valence-electron chi connectivity index (χ2n) is 4.64. The lowest BCUT2D eigenvalue weighted by molar-refractivity contribution is -0.121. The summed E-state index contributed by atoms with van der Waals surface area (Å²) in [6.45, 7) is 3.73. The summed E-state index contributed by atoms with van der Waals surface area (Å²) >= 11 is 0. The number of likely N-dealkylation sites (N-methyl/N-ethyl adjacent to an activating group) is 1. The molecule has 0 bridgehead atoms. The molecule has 0 radical (unpaired) electrons. The minimum absolute atomic E-state index is 0.140. The molecule has 0 aliphatic carbocycles. The Morgan fingerprint density at radius 2 is 2.00 bits per heavy atom. The van der Waals surface area contributed by atoms with Gasteiger partial charge in [-0.15, -0.1) is 0 Å². The van der Waals surface area contributed by atoms with E-state index in [-0.39, 0.29) is 11.9 Å². The smallest absolute Gasteiger partial charge is 0.241 e. The van der Waals surface area contributed by atoms with Gasteiger partial charge >= 0.3 is 0 Å². The number of hydrogen-bond donors (Lipinski definition) is 1. The lowest BCUT2D eigenvalue weighted by Gasteiger charge is -2.38. The van der Waals surface area contributed by atoms with Crippen LogP contribution in [0.2, 0.25) is 0 Å². The standard InChI is InChI=1S/C13H19N3O/c1-10-3-5-11(6-4-10)16-8-12(7-14)15(2)9-13(16)17/h3-6,12H,7-9,14H2,1-2H3. The van der Waals surface area contributed by atoms with Crippen LogP contribution >= 0.6 is 0 Å². The van der Waals surface area contributed by atoms with Crippen molar-refractivity contribution in [3.63, 3.8) is 0 Å². The van der Waals surface area contributed by atoms with Gasteiger partial charge in [0.25, 0.3) is 0 Å². The minimum atomic E-state index is 0.140. The predicted octanol–water partition coefficient (Wildman–Crippen LogP) is 0.601. The fourth-order valence-electron chi connectivity index (χ4n) is 2.11. The second-order valence-corrected chi connectivity index (χ2v) is 4.64. The first-order valence-corrected chi connectivity index (χ1v) is 5.89. The number of anilines is 1. The van der Waals surface area contributed by atoms with Crippen LogP contribution in [0.4, 0.5) is 5.69 Å². The van der Waals surface area contributed by atoms with Gasteiger partial charge < -0.3 is 10.6 Å². The van der Waals surface area contributed by atoms with Crippen molar-refractivity contribution in [1.82, 2.24) is 4.90 Å². The van der Waals surface area contributed by atoms with Gasteiger partial charge in [0.15, 0.2) is 0 Å². The van der Waals surface area contributed by atoms with Gasteiger partial charge in [0, 0.05) is 24.8 Å². The van der Waals surface area contributed by atoms with Crippen LogP contribution in [0.1, 0.15) is 5.56 Å². The quantitative estimate of drug-likeness (QED) is 0.814. The summed E-state index contributed by atoms with van der Waals surface area (Å²) in [7, 11) is 1.95. The number of carbonyl (C=O) groups is 1. The molecule has 1 saturated heterocycles. The average Bonchev–Trinajstić information content (AvgIpc) is 2.31. The van der Waals surface area contributed by atoms with Crippen molar-refractivity contribution in [1.29, 1.82) is 0 Å². The van der Waals surface area contributed by atoms with Crippen LogP contribution in [0.3, 0.4) is 0 Å². The molecule has 1 unspecified atom stereocenters. The monoisotopic (exact) mass is 233 g/mol. The number of nitrogens with two attached hydrogens (primary N) is 1. The summed E-state index contributed by atoms with van der Waals surface area (Å²) in [5.41, 5.74) is 7.89. The van der Waals surface area contributed by atoms with Crippen LogP contribution < -0.4 is 10.6 Å². The van der Waals surface area contributed by atoms with E-state index in [1.165, 1.54) is 5.56 Å². The molecule has 2 N–H and O–H groups in total. The lowest BCUT2D eigenvalue weighted by Crippen LogP contribution is -2.57. The van der Waals surface area contributed by atoms with E-state index >= 15 is 0 Å². The van der Waals surface area contributed by atoms with Crippen molar-refractivity contribution in [2.24, 2.45) is 5.73 Å². The Kier molecular flexibility index (Phi) is 3.45. The van der Waals surface area contributed by atoms with Crippen molar-refractivity contribution in [3.05, 3.63) is 29.8 Å². The zero-order valence-corrected chi connectivity index (χ0v) is 10.4. The first-order chi connectivity index (χ1) is 8.11. The Labute approximate surface area is 102 Å². The SMILES string of the molecule is Cc1ccc(N2CC(CN)N(C)CC2=O)cc1. The molecule has 2 rings (SSSR count). The number of benzene rings is 1. The van der Waals surface area contributed by atoms with Gasteiger partial charge in [-0.1, -0.05) is 17.7 Å². The Morgan fingerprint density at radius 3 is 2.59 bits per heavy atom. The summed E-state index contributed by atoms with van der Waals surface area (Å²) in [5, 5.41) is 0. The zero-order chi connectivity index (χ0) is 12.4. The van der Waals surface area contributed by atoms with Crippen LogP contribution in [-0.2, 0) is 4.79 Å². The first kappa shape index (κ1) is 12.1. The zero-order valence-electron chi connectivity index (χ0n) is 10.4. The summed E-state index contributed by atoms with van der Waals surface area (Å²) in [6, 6.07) is 8.28. The molecular formula is C13H19N3O. The van der Waals surface area contributed by atoms with E-state index in [0.717, 1.165) is 5.69 Å². The molecule has 1 aromatic rings. The van der Waals surface area contributed by atoms with Crippen molar-refractivity contribution in [3.8, 4) is 0 Å². The third kappa shape index (κ3) is 2.48. The number of nitrogens with zero attached hydrogens (tertiary/aromatic N) is 2. The van der Waals surface area contributed by atoms with Gasteiger partial charge in [-0.3, -0.25) is 9.69 Å². The molecule has 17 heavy (non-hydrogen) atoms. The molecule has 1 aliphatic heterocycles. The highest BCUT2D eigenvalue weighted by molar-refractivity contribution is 5.95. The summed E-state index contributed by atoms with van der Waals surface area (Å²) < 4.78 is 0. The maximum Gasteiger partial charge on any atom is 0.241 e. The van der Waals surface area contributed by atoms with E-state index in [4.69, 9.17) is 5.73 Å². The lowest BCUT2D eigenvalue weighted by atomic mass is 10.1. The van der Waals surface area contributed by atoms with Gasteiger partial charge in [-0.25, -0.2) is 0 Å². The van der Waals surface area contributed by atoms with Crippen molar-refractivity contribution < 1.29 is 4.79 Å². The van der Waals surface area contributed by atoms with Gasteiger partial charge in [-0.05, 0) is 26.1 Å². The molecule has 0 saturated carbocycles. The highest BCUT2D eigenvalue weighted by Gasteiger charge is 2.29. The Balaban J connectivity index is 2.20. The summed E-state index contributed by atoms with van der Waals surface area (Å²) in [6.07, 6.45) is 0. The van der Waals surface area contributed by atoms with E-state index in [9.17, 15) is 4.79 Å². The molecule has 4 heteroatoms. The number of hydrogen-bond acceptors (Lipinski definition) is 3. The van der Waals surface area contributed by atoms with E-state index in [1.807, 2.05) is 48.0 Å². The molecular weight excluding hydrogens is 214 g/mol. The molecule has 1 aromatic carbocycles. The van der Waals surface area contributed by atoms with E-state index in [1.54, 1.807) is 0 Å². The van der Waals surface area contributed by atoms with E-state index < -0.39 is 0 Å². The van der Waals surface area contributed by atoms with E-state index in [0.29, 0.717) is 19.6 Å². The molecule has 0 spiro atoms. The number of amides is 1. The molecule has 0 aromatic heterocycles. The van der Waals surface area contributed by atoms with Crippen molar-refractivity contribution >= 4 is 11.6 Å². The third-order valence-electron chi connectivity index (χ3n) is 3.32. The molecule has 1 fully saturated rings. The molecule has 1 heterocycles. The number of carbonyl (C=O) groups excluding carboxylic acids is 1. The fourth-order valence-corrected chi connectivity index (χ4v) is 2.11. The minimum Gasteiger partial charge on any atom is -0.329 e. The maximum absolute atomic E-state index is 12.0. The maximum atomic E-state index is 12.0. The summed E-state index contributed by atoms with van der Waals surface area (Å²) in [4.78, 5) is 15.8. The first-order valence-electron chi connectivity index (χ1n) is 5.89. The normalized spacial score (nSPS) is 21.9. The third-order valence-corrected chi connectivity index (χ3v) is 3.32. The van der Waals surface area contributed by atoms with Gasteiger partial charge in [0.2, 0.25) is 5.91 Å². The largest absolute Gasteiger partial charge is 0.329 e. The van der Waals surface area contributed by atoms with Crippen molar-refractivity contribution in [2.45, 2.75) is 13.0 Å². The highest BCUT2D eigenvalue weighted by Crippen LogP contribution is 2.19. The number of piperazine rings is 1. The molecule has 1 amide bonds. The average molecular weight is 233 g/mol. The van der Waals surface area contributed by atoms with Gasteiger partial charge in [0.05, 0.1) is 6.54 Å². The molecule has 4 nitrogen and oxygen atoms in total. The Bertz CT molecular complexity index is 402. The Morgan fingerprint density at radius 1 is 1.35 bits per heavy atom. The van der Waals surface area contributed by atoms with E-state index in [2.05, 4.69) is 0 Å². The highest BCUT2D eigenvalue weighted by atomic mass is 16.2. The van der Waals surface area contributed by atoms with Crippen LogP contribution in [0.15, 0.2) is 24.3 Å². The topological polar surface area (TPSA) is 49.6 Å². The van der Waals surface area contributed by atoms with Crippen LogP contribution in [0.5, 0.6) is 0 Å². The molecule has 92 valence electrons. The van der Waals surface area contributed by atoms with Crippen LogP contribution in [0.25, 0.3) is 0 Å². The van der Waals surface area contributed by atoms with Crippen LogP contribution in [0, 0.1) is 6.92 Å². The number of rotatable bonds is 2.